The maximum Gasteiger partial charge on any atom is 0.0696 e. The Kier molecular flexibility index (Phi) is 3.74. The summed E-state index contributed by atoms with van der Waals surface area (Å²) in [5.74, 6) is 0. The Morgan fingerprint density at radius 1 is 1.08 bits per heavy atom. The molecule has 0 saturated carbocycles. The molecule has 0 amide bonds. The highest BCUT2D eigenvalue weighted by Gasteiger charge is 2.35. The molecule has 2 aliphatic rings. The van der Waals surface area contributed by atoms with Gasteiger partial charge in [0.15, 0.2) is 0 Å². The van der Waals surface area contributed by atoms with E-state index in [1.54, 1.807) is 0 Å². The number of ether oxygens (including phenoxy) is 1. The van der Waals surface area contributed by atoms with Gasteiger partial charge in [-0.3, -0.25) is 0 Å². The maximum absolute atomic E-state index is 5.88. The smallest absolute Gasteiger partial charge is 0.0696 e. The summed E-state index contributed by atoms with van der Waals surface area (Å²) >= 11 is 0. The number of nitrogens with zero attached hydrogens (tertiary/aromatic N) is 1. The van der Waals surface area contributed by atoms with Crippen molar-refractivity contribution < 1.29 is 4.74 Å². The van der Waals surface area contributed by atoms with Gasteiger partial charge < -0.3 is 9.64 Å². The molecule has 0 bridgehead atoms. The second kappa shape index (κ2) is 4.43. The highest BCUT2D eigenvalue weighted by Crippen LogP contribution is 2.35. The molecule has 1 atom stereocenters. The van der Waals surface area contributed by atoms with Crippen molar-refractivity contribution in [1.82, 2.24) is 4.90 Å². The molecule has 13 heavy (non-hydrogen) atoms. The molecule has 0 aromatic heterocycles. The molecule has 2 fully saturated rings. The molecule has 2 nitrogen and oxygen atoms in total. The molecule has 2 saturated heterocycles. The van der Waals surface area contributed by atoms with E-state index in [-0.39, 0.29) is 7.43 Å². The normalized spacial score (nSPS) is 35.8. The number of hydrogen-bond donors (Lipinski definition) is 0. The third-order valence-corrected chi connectivity index (χ3v) is 3.31. The van der Waals surface area contributed by atoms with Gasteiger partial charge in [0.25, 0.3) is 0 Å². The van der Waals surface area contributed by atoms with Crippen molar-refractivity contribution in [3.05, 3.63) is 0 Å². The van der Waals surface area contributed by atoms with Crippen LogP contribution in [-0.2, 0) is 4.74 Å². The largest absolute Gasteiger partial charge is 0.375 e. The Morgan fingerprint density at radius 2 is 1.85 bits per heavy atom. The molecule has 0 N–H and O–H groups in total. The second-order valence-electron chi connectivity index (χ2n) is 4.29. The number of rotatable bonds is 0. The quantitative estimate of drug-likeness (QED) is 0.574. The molecule has 2 heteroatoms. The predicted octanol–water partition coefficient (Wildman–Crippen LogP) is 2.29. The van der Waals surface area contributed by atoms with E-state index in [4.69, 9.17) is 4.74 Å². The molecule has 2 heterocycles. The van der Waals surface area contributed by atoms with Crippen LogP contribution in [0.1, 0.15) is 39.5 Å². The van der Waals surface area contributed by atoms with Crippen molar-refractivity contribution in [2.75, 3.05) is 26.7 Å². The topological polar surface area (TPSA) is 12.5 Å². The fourth-order valence-electron chi connectivity index (χ4n) is 2.45. The minimum absolute atomic E-state index is 0. The zero-order chi connectivity index (χ0) is 8.44. The van der Waals surface area contributed by atoms with Crippen LogP contribution < -0.4 is 0 Å². The van der Waals surface area contributed by atoms with E-state index >= 15 is 0 Å². The summed E-state index contributed by atoms with van der Waals surface area (Å²) < 4.78 is 5.88. The van der Waals surface area contributed by atoms with Crippen LogP contribution in [0.3, 0.4) is 0 Å². The number of hydrogen-bond acceptors (Lipinski definition) is 2. The van der Waals surface area contributed by atoms with Gasteiger partial charge in [-0.25, -0.2) is 0 Å². The molecular formula is C11H23NO. The van der Waals surface area contributed by atoms with Crippen molar-refractivity contribution in [2.24, 2.45) is 0 Å². The molecule has 2 aliphatic heterocycles. The molecule has 0 aliphatic carbocycles. The van der Waals surface area contributed by atoms with Crippen LogP contribution in [-0.4, -0.2) is 37.2 Å². The first-order valence-corrected chi connectivity index (χ1v) is 5.13. The Bertz CT molecular complexity index is 152. The molecule has 0 aromatic carbocycles. The third kappa shape index (κ3) is 2.44. The summed E-state index contributed by atoms with van der Waals surface area (Å²) in [5.41, 5.74) is 0.296. The first kappa shape index (κ1) is 11.0. The van der Waals surface area contributed by atoms with Crippen molar-refractivity contribution in [3.8, 4) is 0 Å². The molecule has 78 valence electrons. The lowest BCUT2D eigenvalue weighted by atomic mass is 9.92. The lowest BCUT2D eigenvalue weighted by Crippen LogP contribution is -2.29. The highest BCUT2D eigenvalue weighted by molar-refractivity contribution is 4.87. The van der Waals surface area contributed by atoms with Crippen molar-refractivity contribution in [3.63, 3.8) is 0 Å². The van der Waals surface area contributed by atoms with Crippen LogP contribution in [0.25, 0.3) is 0 Å². The summed E-state index contributed by atoms with van der Waals surface area (Å²) in [6, 6.07) is 0. The minimum atomic E-state index is 0. The van der Waals surface area contributed by atoms with E-state index in [0.29, 0.717) is 5.60 Å². The van der Waals surface area contributed by atoms with Gasteiger partial charge in [0.1, 0.15) is 0 Å². The van der Waals surface area contributed by atoms with Crippen LogP contribution in [0.2, 0.25) is 0 Å². The molecule has 1 unspecified atom stereocenters. The summed E-state index contributed by atoms with van der Waals surface area (Å²) in [4.78, 5) is 2.43. The van der Waals surface area contributed by atoms with Gasteiger partial charge in [-0.1, -0.05) is 7.43 Å². The summed E-state index contributed by atoms with van der Waals surface area (Å²) in [6.45, 7) is 3.48. The predicted molar refractivity (Wildman–Crippen MR) is 56.0 cm³/mol. The van der Waals surface area contributed by atoms with Crippen LogP contribution in [0.5, 0.6) is 0 Å². The molecule has 0 aromatic rings. The SMILES string of the molecule is C.CN1CCCC2(CCCO2)CC1. The zero-order valence-electron chi connectivity index (χ0n) is 8.01. The van der Waals surface area contributed by atoms with Crippen molar-refractivity contribution in [2.45, 2.75) is 45.1 Å². The zero-order valence-corrected chi connectivity index (χ0v) is 8.01. The van der Waals surface area contributed by atoms with Crippen LogP contribution >= 0.6 is 0 Å². The first-order chi connectivity index (χ1) is 5.81. The molecule has 1 spiro atoms. The number of likely N-dealkylation sites (tertiary alicyclic amines) is 1. The minimum Gasteiger partial charge on any atom is -0.375 e. The standard InChI is InChI=1S/C10H19NO.CH4/c1-11-7-2-4-10(6-8-11)5-3-9-12-10;/h2-9H2,1H3;1H4. The van der Waals surface area contributed by atoms with Gasteiger partial charge in [-0.05, 0) is 45.7 Å². The second-order valence-corrected chi connectivity index (χ2v) is 4.29. The first-order valence-electron chi connectivity index (χ1n) is 5.13. The van der Waals surface area contributed by atoms with Crippen molar-refractivity contribution >= 4 is 0 Å². The van der Waals surface area contributed by atoms with E-state index in [1.807, 2.05) is 0 Å². The van der Waals surface area contributed by atoms with Crippen molar-refractivity contribution in [1.29, 1.82) is 0 Å². The Labute approximate surface area is 82.3 Å². The van der Waals surface area contributed by atoms with E-state index in [9.17, 15) is 0 Å². The monoisotopic (exact) mass is 185 g/mol. The van der Waals surface area contributed by atoms with E-state index in [0.717, 1.165) is 6.61 Å². The van der Waals surface area contributed by atoms with Gasteiger partial charge in [-0.15, -0.1) is 0 Å². The van der Waals surface area contributed by atoms with E-state index in [2.05, 4.69) is 11.9 Å². The lowest BCUT2D eigenvalue weighted by molar-refractivity contribution is -0.00682. The third-order valence-electron chi connectivity index (χ3n) is 3.31. The van der Waals surface area contributed by atoms with Gasteiger partial charge in [0.05, 0.1) is 5.60 Å². The Morgan fingerprint density at radius 3 is 2.54 bits per heavy atom. The molecule has 2 rings (SSSR count). The van der Waals surface area contributed by atoms with E-state index < -0.39 is 0 Å². The summed E-state index contributed by atoms with van der Waals surface area (Å²) in [6.07, 6.45) is 6.45. The molecule has 0 radical (unpaired) electrons. The molecular weight excluding hydrogens is 162 g/mol. The lowest BCUT2D eigenvalue weighted by Gasteiger charge is -2.26. The van der Waals surface area contributed by atoms with E-state index in [1.165, 1.54) is 45.2 Å². The Hall–Kier alpha value is -0.0800. The Balaban J connectivity index is 0.000000845. The fraction of sp³-hybridized carbons (Fsp3) is 1.00. The van der Waals surface area contributed by atoms with Gasteiger partial charge in [-0.2, -0.15) is 0 Å². The summed E-state index contributed by atoms with van der Waals surface area (Å²) in [7, 11) is 2.22. The summed E-state index contributed by atoms with van der Waals surface area (Å²) in [5, 5.41) is 0. The highest BCUT2D eigenvalue weighted by atomic mass is 16.5. The average molecular weight is 185 g/mol. The maximum atomic E-state index is 5.88. The average Bonchev–Trinajstić information content (AvgIpc) is 2.42. The van der Waals surface area contributed by atoms with Gasteiger partial charge in [0, 0.05) is 13.2 Å². The van der Waals surface area contributed by atoms with Crippen LogP contribution in [0, 0.1) is 0 Å². The van der Waals surface area contributed by atoms with Crippen LogP contribution in [0.15, 0.2) is 0 Å². The van der Waals surface area contributed by atoms with Gasteiger partial charge in [0.2, 0.25) is 0 Å². The van der Waals surface area contributed by atoms with Crippen LogP contribution in [0.4, 0.5) is 0 Å². The fourth-order valence-corrected chi connectivity index (χ4v) is 2.45. The van der Waals surface area contributed by atoms with Gasteiger partial charge >= 0.3 is 0 Å².